The molecule has 0 spiro atoms. The fourth-order valence-corrected chi connectivity index (χ4v) is 3.03. The molecule has 1 aromatic carbocycles. The van der Waals surface area contributed by atoms with Gasteiger partial charge in [0.25, 0.3) is 0 Å². The topological polar surface area (TPSA) is 38.3 Å². The third kappa shape index (κ3) is 3.82. The Morgan fingerprint density at radius 3 is 2.77 bits per heavy atom. The maximum absolute atomic E-state index is 13.0. The van der Waals surface area contributed by atoms with Gasteiger partial charge in [0.2, 0.25) is 0 Å². The molecule has 0 aromatic heterocycles. The molecule has 0 radical (unpaired) electrons. The van der Waals surface area contributed by atoms with Crippen LogP contribution in [0.15, 0.2) is 6.07 Å². The SMILES string of the molecule is Cc1cc(OCC(C)C)c(C(=O)C2CCCNC2)c(C)c1Cl. The Kier molecular flexibility index (Phi) is 5.87. The highest BCUT2D eigenvalue weighted by molar-refractivity contribution is 6.32. The van der Waals surface area contributed by atoms with E-state index in [9.17, 15) is 4.79 Å². The van der Waals surface area contributed by atoms with Crippen LogP contribution in [0.25, 0.3) is 0 Å². The summed E-state index contributed by atoms with van der Waals surface area (Å²) in [4.78, 5) is 13.0. The van der Waals surface area contributed by atoms with Crippen LogP contribution in [0.1, 0.15) is 48.2 Å². The highest BCUT2D eigenvalue weighted by atomic mass is 35.5. The molecule has 1 aliphatic rings. The second-order valence-electron chi connectivity index (χ2n) is 6.62. The van der Waals surface area contributed by atoms with E-state index in [0.717, 1.165) is 37.1 Å². The number of piperidine rings is 1. The second kappa shape index (κ2) is 7.47. The van der Waals surface area contributed by atoms with E-state index in [2.05, 4.69) is 19.2 Å². The molecule has 1 atom stereocenters. The van der Waals surface area contributed by atoms with Crippen LogP contribution in [0, 0.1) is 25.7 Å². The van der Waals surface area contributed by atoms with Gasteiger partial charge in [-0.15, -0.1) is 0 Å². The number of Topliss-reactive ketones (excluding diaryl/α,β-unsaturated/α-hetero) is 1. The summed E-state index contributed by atoms with van der Waals surface area (Å²) in [6, 6.07) is 1.90. The van der Waals surface area contributed by atoms with Gasteiger partial charge in [-0.2, -0.15) is 0 Å². The molecule has 0 aliphatic carbocycles. The zero-order valence-corrected chi connectivity index (χ0v) is 14.7. The fourth-order valence-electron chi connectivity index (χ4n) is 2.88. The summed E-state index contributed by atoms with van der Waals surface area (Å²) in [5.41, 5.74) is 2.47. The lowest BCUT2D eigenvalue weighted by Gasteiger charge is -2.24. The first kappa shape index (κ1) is 17.3. The molecule has 0 saturated carbocycles. The zero-order valence-electron chi connectivity index (χ0n) is 14.0. The number of carbonyl (C=O) groups excluding carboxylic acids is 1. The number of halogens is 1. The van der Waals surface area contributed by atoms with Gasteiger partial charge < -0.3 is 10.1 Å². The molecule has 1 N–H and O–H groups in total. The lowest BCUT2D eigenvalue weighted by Crippen LogP contribution is -2.35. The summed E-state index contributed by atoms with van der Waals surface area (Å²) >= 11 is 6.38. The standard InChI is InChI=1S/C18H26ClNO2/c1-11(2)10-22-15-8-12(3)17(19)13(4)16(15)18(21)14-6-5-7-20-9-14/h8,11,14,20H,5-7,9-10H2,1-4H3. The van der Waals surface area contributed by atoms with Crippen LogP contribution in [0.5, 0.6) is 5.75 Å². The van der Waals surface area contributed by atoms with Crippen molar-refractivity contribution in [3.63, 3.8) is 0 Å². The average molecular weight is 324 g/mol. The number of ketones is 1. The summed E-state index contributed by atoms with van der Waals surface area (Å²) < 4.78 is 5.93. The van der Waals surface area contributed by atoms with Crippen LogP contribution in [-0.2, 0) is 0 Å². The number of hydrogen-bond donors (Lipinski definition) is 1. The van der Waals surface area contributed by atoms with Crippen molar-refractivity contribution in [2.75, 3.05) is 19.7 Å². The summed E-state index contributed by atoms with van der Waals surface area (Å²) in [6.07, 6.45) is 1.97. The van der Waals surface area contributed by atoms with E-state index in [0.29, 0.717) is 28.9 Å². The number of rotatable bonds is 5. The van der Waals surface area contributed by atoms with E-state index in [1.54, 1.807) is 0 Å². The maximum Gasteiger partial charge on any atom is 0.171 e. The smallest absolute Gasteiger partial charge is 0.171 e. The van der Waals surface area contributed by atoms with E-state index < -0.39 is 0 Å². The lowest BCUT2D eigenvalue weighted by atomic mass is 9.88. The van der Waals surface area contributed by atoms with Crippen molar-refractivity contribution in [1.82, 2.24) is 5.32 Å². The van der Waals surface area contributed by atoms with Crippen LogP contribution in [-0.4, -0.2) is 25.5 Å². The zero-order chi connectivity index (χ0) is 16.3. The third-order valence-corrected chi connectivity index (χ3v) is 4.71. The Balaban J connectivity index is 2.37. The Hall–Kier alpha value is -1.06. The Labute approximate surface area is 138 Å². The molecule has 3 nitrogen and oxygen atoms in total. The lowest BCUT2D eigenvalue weighted by molar-refractivity contribution is 0.0894. The normalized spacial score (nSPS) is 18.5. The summed E-state index contributed by atoms with van der Waals surface area (Å²) in [5.74, 6) is 1.28. The summed E-state index contributed by atoms with van der Waals surface area (Å²) in [5, 5.41) is 3.98. The van der Waals surface area contributed by atoms with Gasteiger partial charge in [-0.25, -0.2) is 0 Å². The van der Waals surface area contributed by atoms with Gasteiger partial charge in [0.15, 0.2) is 5.78 Å². The number of ether oxygens (including phenoxy) is 1. The molecule has 22 heavy (non-hydrogen) atoms. The molecule has 122 valence electrons. The molecule has 1 fully saturated rings. The number of nitrogens with one attached hydrogen (secondary N) is 1. The first-order valence-electron chi connectivity index (χ1n) is 8.09. The van der Waals surface area contributed by atoms with Gasteiger partial charge in [-0.05, 0) is 56.3 Å². The molecular weight excluding hydrogens is 298 g/mol. The minimum absolute atomic E-state index is 0.0209. The minimum atomic E-state index is 0.0209. The van der Waals surface area contributed by atoms with Crippen LogP contribution >= 0.6 is 11.6 Å². The predicted molar refractivity (Wildman–Crippen MR) is 91.2 cm³/mol. The fraction of sp³-hybridized carbons (Fsp3) is 0.611. The second-order valence-corrected chi connectivity index (χ2v) is 7.00. The van der Waals surface area contributed by atoms with E-state index in [-0.39, 0.29) is 11.7 Å². The van der Waals surface area contributed by atoms with Crippen LogP contribution < -0.4 is 10.1 Å². The molecule has 4 heteroatoms. The minimum Gasteiger partial charge on any atom is -0.493 e. The molecule has 2 rings (SSSR count). The van der Waals surface area contributed by atoms with Gasteiger partial charge in [0.1, 0.15) is 5.75 Å². The van der Waals surface area contributed by atoms with Crippen molar-refractivity contribution in [3.05, 3.63) is 27.8 Å². The molecule has 1 aromatic rings. The van der Waals surface area contributed by atoms with Crippen LogP contribution in [0.4, 0.5) is 0 Å². The van der Waals surface area contributed by atoms with E-state index in [4.69, 9.17) is 16.3 Å². The molecule has 0 bridgehead atoms. The summed E-state index contributed by atoms with van der Waals surface area (Å²) in [7, 11) is 0. The van der Waals surface area contributed by atoms with Crippen molar-refractivity contribution < 1.29 is 9.53 Å². The van der Waals surface area contributed by atoms with E-state index >= 15 is 0 Å². The highest BCUT2D eigenvalue weighted by Crippen LogP contribution is 2.34. The first-order chi connectivity index (χ1) is 10.4. The molecule has 1 heterocycles. The van der Waals surface area contributed by atoms with Crippen molar-refractivity contribution in [1.29, 1.82) is 0 Å². The van der Waals surface area contributed by atoms with Gasteiger partial charge in [0, 0.05) is 17.5 Å². The number of hydrogen-bond acceptors (Lipinski definition) is 3. The van der Waals surface area contributed by atoms with Crippen molar-refractivity contribution in [2.24, 2.45) is 11.8 Å². The molecule has 1 saturated heterocycles. The quantitative estimate of drug-likeness (QED) is 0.826. The van der Waals surface area contributed by atoms with Crippen LogP contribution in [0.2, 0.25) is 5.02 Å². The third-order valence-electron chi connectivity index (χ3n) is 4.13. The molecule has 0 amide bonds. The largest absolute Gasteiger partial charge is 0.493 e. The Morgan fingerprint density at radius 1 is 1.45 bits per heavy atom. The Bertz CT molecular complexity index is 549. The van der Waals surface area contributed by atoms with Crippen molar-refractivity contribution in [3.8, 4) is 5.75 Å². The Morgan fingerprint density at radius 2 is 2.18 bits per heavy atom. The van der Waals surface area contributed by atoms with E-state index in [1.807, 2.05) is 19.9 Å². The van der Waals surface area contributed by atoms with Crippen molar-refractivity contribution in [2.45, 2.75) is 40.5 Å². The predicted octanol–water partition coefficient (Wildman–Crippen LogP) is 4.17. The van der Waals surface area contributed by atoms with Gasteiger partial charge in [-0.3, -0.25) is 4.79 Å². The maximum atomic E-state index is 13.0. The number of carbonyl (C=O) groups is 1. The van der Waals surface area contributed by atoms with Gasteiger partial charge in [-0.1, -0.05) is 25.4 Å². The van der Waals surface area contributed by atoms with Gasteiger partial charge >= 0.3 is 0 Å². The van der Waals surface area contributed by atoms with Crippen molar-refractivity contribution >= 4 is 17.4 Å². The monoisotopic (exact) mass is 323 g/mol. The van der Waals surface area contributed by atoms with E-state index in [1.165, 1.54) is 0 Å². The molecular formula is C18H26ClNO2. The molecule has 1 aliphatic heterocycles. The average Bonchev–Trinajstić information content (AvgIpc) is 2.51. The van der Waals surface area contributed by atoms with Crippen LogP contribution in [0.3, 0.4) is 0 Å². The van der Waals surface area contributed by atoms with Gasteiger partial charge in [0.05, 0.1) is 12.2 Å². The molecule has 1 unspecified atom stereocenters. The number of benzene rings is 1. The summed E-state index contributed by atoms with van der Waals surface area (Å²) in [6.45, 7) is 10.4. The number of aryl methyl sites for hydroxylation is 1. The first-order valence-corrected chi connectivity index (χ1v) is 8.47. The highest BCUT2D eigenvalue weighted by Gasteiger charge is 2.27.